The van der Waals surface area contributed by atoms with Crippen LogP contribution in [0.15, 0.2) is 18.2 Å². The van der Waals surface area contributed by atoms with E-state index in [0.29, 0.717) is 56.1 Å². The number of rotatable bonds is 1. The Bertz CT molecular complexity index is 628. The Balaban J connectivity index is 1.70. The number of carbonyl (C=O) groups is 2. The first-order valence-corrected chi connectivity index (χ1v) is 8.40. The summed E-state index contributed by atoms with van der Waals surface area (Å²) in [7, 11) is 0. The van der Waals surface area contributed by atoms with E-state index in [-0.39, 0.29) is 16.8 Å². The Kier molecular flexibility index (Phi) is 4.80. The van der Waals surface area contributed by atoms with Gasteiger partial charge in [-0.3, -0.25) is 9.59 Å². The molecule has 1 aromatic carbocycles. The predicted octanol–water partition coefficient (Wildman–Crippen LogP) is 2.50. The Morgan fingerprint density at radius 2 is 2.00 bits per heavy atom. The van der Waals surface area contributed by atoms with Crippen LogP contribution in [-0.2, 0) is 9.53 Å². The summed E-state index contributed by atoms with van der Waals surface area (Å²) in [4.78, 5) is 26.2. The van der Waals surface area contributed by atoms with Crippen LogP contribution >= 0.6 is 23.2 Å². The van der Waals surface area contributed by atoms with Crippen LogP contribution in [0.4, 0.5) is 0 Å². The van der Waals surface area contributed by atoms with E-state index in [9.17, 15) is 9.59 Å². The summed E-state index contributed by atoms with van der Waals surface area (Å²) in [5, 5.41) is 3.47. The van der Waals surface area contributed by atoms with Crippen molar-refractivity contribution in [1.82, 2.24) is 10.2 Å². The van der Waals surface area contributed by atoms with Gasteiger partial charge >= 0.3 is 0 Å². The highest BCUT2D eigenvalue weighted by molar-refractivity contribution is 6.43. The zero-order chi connectivity index (χ0) is 16.4. The first-order valence-electron chi connectivity index (χ1n) is 7.65. The molecule has 2 amide bonds. The van der Waals surface area contributed by atoms with Gasteiger partial charge in [0.15, 0.2) is 0 Å². The fraction of sp³-hybridized carbons (Fsp3) is 0.500. The lowest BCUT2D eigenvalue weighted by atomic mass is 9.87. The zero-order valence-electron chi connectivity index (χ0n) is 12.6. The van der Waals surface area contributed by atoms with Crippen LogP contribution in [0, 0.1) is 0 Å². The number of carbonyl (C=O) groups excluding carboxylic acids is 2. The van der Waals surface area contributed by atoms with Crippen LogP contribution in [0.3, 0.4) is 0 Å². The van der Waals surface area contributed by atoms with E-state index in [0.717, 1.165) is 0 Å². The van der Waals surface area contributed by atoms with E-state index >= 15 is 0 Å². The van der Waals surface area contributed by atoms with Crippen LogP contribution in [0.1, 0.15) is 29.6 Å². The molecule has 2 aliphatic rings. The maximum Gasteiger partial charge on any atom is 0.255 e. The summed E-state index contributed by atoms with van der Waals surface area (Å²) in [6.45, 7) is 2.13. The highest BCUT2D eigenvalue weighted by Crippen LogP contribution is 2.33. The van der Waals surface area contributed by atoms with Gasteiger partial charge in [-0.15, -0.1) is 0 Å². The SMILES string of the molecule is O=C1CC2(CCN(C(=O)c3cccc(Cl)c3Cl)CC2)OCCN1. The molecule has 0 bridgehead atoms. The molecule has 1 aromatic rings. The van der Waals surface area contributed by atoms with Crippen molar-refractivity contribution >= 4 is 35.0 Å². The molecule has 2 fully saturated rings. The van der Waals surface area contributed by atoms with Gasteiger partial charge in [-0.05, 0) is 25.0 Å². The molecule has 1 N–H and O–H groups in total. The van der Waals surface area contributed by atoms with Crippen LogP contribution in [0.25, 0.3) is 0 Å². The van der Waals surface area contributed by atoms with Crippen molar-refractivity contribution in [2.45, 2.75) is 24.9 Å². The van der Waals surface area contributed by atoms with E-state index in [1.165, 1.54) is 0 Å². The fourth-order valence-electron chi connectivity index (χ4n) is 3.14. The molecule has 7 heteroatoms. The lowest BCUT2D eigenvalue weighted by molar-refractivity contribution is -0.127. The summed E-state index contributed by atoms with van der Waals surface area (Å²) >= 11 is 12.1. The Labute approximate surface area is 144 Å². The summed E-state index contributed by atoms with van der Waals surface area (Å²) in [5.41, 5.74) is -0.0372. The van der Waals surface area contributed by atoms with Gasteiger partial charge in [0.2, 0.25) is 5.91 Å². The lowest BCUT2D eigenvalue weighted by Crippen LogP contribution is -2.49. The van der Waals surface area contributed by atoms with Gasteiger partial charge in [0.1, 0.15) is 0 Å². The van der Waals surface area contributed by atoms with Crippen LogP contribution < -0.4 is 5.32 Å². The van der Waals surface area contributed by atoms with Crippen molar-refractivity contribution < 1.29 is 14.3 Å². The van der Waals surface area contributed by atoms with E-state index < -0.39 is 5.60 Å². The van der Waals surface area contributed by atoms with Crippen molar-refractivity contribution in [2.75, 3.05) is 26.2 Å². The monoisotopic (exact) mass is 356 g/mol. The minimum atomic E-state index is -0.449. The molecule has 23 heavy (non-hydrogen) atoms. The Morgan fingerprint density at radius 1 is 1.26 bits per heavy atom. The number of nitrogens with zero attached hydrogens (tertiary/aromatic N) is 1. The van der Waals surface area contributed by atoms with Gasteiger partial charge < -0.3 is 15.0 Å². The van der Waals surface area contributed by atoms with Crippen molar-refractivity contribution in [3.8, 4) is 0 Å². The lowest BCUT2D eigenvalue weighted by Gasteiger charge is -2.40. The number of hydrogen-bond acceptors (Lipinski definition) is 3. The number of likely N-dealkylation sites (tertiary alicyclic amines) is 1. The van der Waals surface area contributed by atoms with Crippen molar-refractivity contribution in [2.24, 2.45) is 0 Å². The quantitative estimate of drug-likeness (QED) is 0.840. The first kappa shape index (κ1) is 16.6. The van der Waals surface area contributed by atoms with Crippen LogP contribution in [0.5, 0.6) is 0 Å². The number of nitrogens with one attached hydrogen (secondary N) is 1. The Morgan fingerprint density at radius 3 is 2.74 bits per heavy atom. The summed E-state index contributed by atoms with van der Waals surface area (Å²) in [6.07, 6.45) is 1.64. The van der Waals surface area contributed by atoms with E-state index in [2.05, 4.69) is 5.32 Å². The van der Waals surface area contributed by atoms with Gasteiger partial charge in [-0.25, -0.2) is 0 Å². The number of ether oxygens (including phenoxy) is 1. The third-order valence-corrected chi connectivity index (χ3v) is 5.28. The number of piperidine rings is 1. The van der Waals surface area contributed by atoms with Crippen molar-refractivity contribution in [3.63, 3.8) is 0 Å². The van der Waals surface area contributed by atoms with E-state index in [4.69, 9.17) is 27.9 Å². The standard InChI is InChI=1S/C16H18Cl2N2O3/c17-12-3-1-2-11(14(12)18)15(22)20-7-4-16(5-8-20)10-13(21)19-6-9-23-16/h1-3H,4-10H2,(H,19,21). The molecule has 0 aromatic heterocycles. The van der Waals surface area contributed by atoms with Crippen LogP contribution in [0.2, 0.25) is 10.0 Å². The molecule has 2 heterocycles. The van der Waals surface area contributed by atoms with Gasteiger partial charge in [-0.2, -0.15) is 0 Å². The molecular weight excluding hydrogens is 339 g/mol. The minimum Gasteiger partial charge on any atom is -0.372 e. The normalized spacial score (nSPS) is 21.0. The summed E-state index contributed by atoms with van der Waals surface area (Å²) in [5.74, 6) is -0.120. The number of benzene rings is 1. The molecule has 0 atom stereocenters. The van der Waals surface area contributed by atoms with Gasteiger partial charge in [-0.1, -0.05) is 29.3 Å². The maximum absolute atomic E-state index is 12.6. The maximum atomic E-state index is 12.6. The third kappa shape index (κ3) is 3.47. The minimum absolute atomic E-state index is 0.0140. The van der Waals surface area contributed by atoms with Gasteiger partial charge in [0, 0.05) is 19.6 Å². The average Bonchev–Trinajstić information content (AvgIpc) is 2.72. The molecule has 0 radical (unpaired) electrons. The third-order valence-electron chi connectivity index (χ3n) is 4.46. The number of halogens is 2. The average molecular weight is 357 g/mol. The smallest absolute Gasteiger partial charge is 0.255 e. The molecule has 0 aliphatic carbocycles. The second-order valence-corrected chi connectivity index (χ2v) is 6.74. The molecular formula is C16H18Cl2N2O3. The van der Waals surface area contributed by atoms with Crippen molar-refractivity contribution in [3.05, 3.63) is 33.8 Å². The second kappa shape index (κ2) is 6.67. The van der Waals surface area contributed by atoms with E-state index in [1.54, 1.807) is 23.1 Å². The summed E-state index contributed by atoms with van der Waals surface area (Å²) < 4.78 is 5.91. The predicted molar refractivity (Wildman–Crippen MR) is 87.9 cm³/mol. The zero-order valence-corrected chi connectivity index (χ0v) is 14.1. The topological polar surface area (TPSA) is 58.6 Å². The molecule has 5 nitrogen and oxygen atoms in total. The largest absolute Gasteiger partial charge is 0.372 e. The Hall–Kier alpha value is -1.30. The second-order valence-electron chi connectivity index (χ2n) is 5.95. The molecule has 2 saturated heterocycles. The fourth-order valence-corrected chi connectivity index (χ4v) is 3.52. The number of amides is 2. The van der Waals surface area contributed by atoms with Gasteiger partial charge in [0.05, 0.1) is 34.2 Å². The molecule has 124 valence electrons. The highest BCUT2D eigenvalue weighted by atomic mass is 35.5. The molecule has 1 spiro atoms. The molecule has 2 aliphatic heterocycles. The molecule has 3 rings (SSSR count). The van der Waals surface area contributed by atoms with Gasteiger partial charge in [0.25, 0.3) is 5.91 Å². The number of hydrogen-bond donors (Lipinski definition) is 1. The van der Waals surface area contributed by atoms with E-state index in [1.807, 2.05) is 0 Å². The molecule has 0 unspecified atom stereocenters. The van der Waals surface area contributed by atoms with Crippen LogP contribution in [-0.4, -0.2) is 48.6 Å². The first-order chi connectivity index (χ1) is 11.0. The van der Waals surface area contributed by atoms with Crippen molar-refractivity contribution in [1.29, 1.82) is 0 Å². The highest BCUT2D eigenvalue weighted by Gasteiger charge is 2.40. The summed E-state index contributed by atoms with van der Waals surface area (Å²) in [6, 6.07) is 5.05. The molecule has 0 saturated carbocycles.